The van der Waals surface area contributed by atoms with Gasteiger partial charge in [-0.1, -0.05) is 0 Å². The number of anilines is 1. The van der Waals surface area contributed by atoms with Gasteiger partial charge in [0.15, 0.2) is 11.6 Å². The summed E-state index contributed by atoms with van der Waals surface area (Å²) in [7, 11) is 0. The van der Waals surface area contributed by atoms with Gasteiger partial charge >= 0.3 is 5.97 Å². The zero-order valence-electron chi connectivity index (χ0n) is 12.2. The average Bonchev–Trinajstić information content (AvgIpc) is 2.56. The van der Waals surface area contributed by atoms with Crippen molar-refractivity contribution in [3.8, 4) is 0 Å². The van der Waals surface area contributed by atoms with Crippen LogP contribution in [0.4, 0.5) is 10.2 Å². The Balaban J connectivity index is 1.83. The molecule has 0 aromatic carbocycles. The lowest BCUT2D eigenvalue weighted by Crippen LogP contribution is -2.61. The maximum absolute atomic E-state index is 14.5. The molecule has 7 nitrogen and oxygen atoms in total. The third-order valence-electron chi connectivity index (χ3n) is 4.65. The van der Waals surface area contributed by atoms with Gasteiger partial charge in [-0.15, -0.1) is 0 Å². The standard InChI is InChI=1S/C15H15FN4O3/c16-11-3-9-12(21)10(15(22)23)5-18-13(9)19-14(11)20-6-7-1-2-8(20)4-17-7/h3,5,7-8,17H,1-2,4,6H2,(H,22,23)(H,18,19,21). The van der Waals surface area contributed by atoms with Crippen LogP contribution in [0.1, 0.15) is 23.2 Å². The number of fused-ring (bicyclic) bond motifs is 4. The molecule has 2 bridgehead atoms. The maximum atomic E-state index is 14.5. The Bertz CT molecular complexity index is 858. The minimum absolute atomic E-state index is 0.0496. The molecule has 0 aliphatic carbocycles. The van der Waals surface area contributed by atoms with E-state index in [1.807, 2.05) is 4.90 Å². The number of H-pyrrole nitrogens is 1. The molecule has 5 heterocycles. The fourth-order valence-corrected chi connectivity index (χ4v) is 3.44. The molecule has 120 valence electrons. The summed E-state index contributed by atoms with van der Waals surface area (Å²) >= 11 is 0. The van der Waals surface area contributed by atoms with E-state index < -0.39 is 22.8 Å². The Morgan fingerprint density at radius 2 is 2.26 bits per heavy atom. The highest BCUT2D eigenvalue weighted by Crippen LogP contribution is 2.29. The first kappa shape index (κ1) is 14.1. The van der Waals surface area contributed by atoms with Gasteiger partial charge in [0.05, 0.1) is 5.39 Å². The van der Waals surface area contributed by atoms with Gasteiger partial charge < -0.3 is 20.3 Å². The molecule has 2 unspecified atom stereocenters. The second kappa shape index (κ2) is 5.02. The van der Waals surface area contributed by atoms with Crippen molar-refractivity contribution < 1.29 is 14.3 Å². The van der Waals surface area contributed by atoms with Crippen molar-refractivity contribution in [2.45, 2.75) is 24.9 Å². The number of halogens is 1. The van der Waals surface area contributed by atoms with E-state index in [1.54, 1.807) is 0 Å². The van der Waals surface area contributed by atoms with Crippen LogP contribution in [0.15, 0.2) is 17.1 Å². The van der Waals surface area contributed by atoms with Crippen molar-refractivity contribution in [3.63, 3.8) is 0 Å². The summed E-state index contributed by atoms with van der Waals surface area (Å²) in [5.74, 6) is -1.73. The summed E-state index contributed by atoms with van der Waals surface area (Å²) in [5.41, 5.74) is -0.954. The normalized spacial score (nSPS) is 23.4. The van der Waals surface area contributed by atoms with Gasteiger partial charge in [0, 0.05) is 31.4 Å². The van der Waals surface area contributed by atoms with Crippen molar-refractivity contribution in [1.29, 1.82) is 0 Å². The van der Waals surface area contributed by atoms with Crippen LogP contribution < -0.4 is 15.6 Å². The molecular weight excluding hydrogens is 303 g/mol. The van der Waals surface area contributed by atoms with Gasteiger partial charge in [0.1, 0.15) is 11.2 Å². The van der Waals surface area contributed by atoms with Crippen molar-refractivity contribution in [1.82, 2.24) is 15.3 Å². The van der Waals surface area contributed by atoms with Gasteiger partial charge in [0.2, 0.25) is 5.43 Å². The number of piperidine rings is 2. The lowest BCUT2D eigenvalue weighted by molar-refractivity contribution is 0.0695. The van der Waals surface area contributed by atoms with Gasteiger partial charge in [-0.25, -0.2) is 14.2 Å². The number of nitrogens with one attached hydrogen (secondary N) is 2. The molecule has 3 aliphatic heterocycles. The molecule has 23 heavy (non-hydrogen) atoms. The maximum Gasteiger partial charge on any atom is 0.341 e. The number of carbonyl (C=O) groups is 1. The minimum Gasteiger partial charge on any atom is -0.477 e. The molecule has 0 amide bonds. The quantitative estimate of drug-likeness (QED) is 0.754. The number of pyridine rings is 2. The van der Waals surface area contributed by atoms with Crippen molar-refractivity contribution in [3.05, 3.63) is 33.9 Å². The number of rotatable bonds is 2. The highest BCUT2D eigenvalue weighted by Gasteiger charge is 2.35. The number of aromatic nitrogens is 2. The van der Waals surface area contributed by atoms with E-state index in [1.165, 1.54) is 0 Å². The average molecular weight is 318 g/mol. The second-order valence-electron chi connectivity index (χ2n) is 6.02. The highest BCUT2D eigenvalue weighted by atomic mass is 19.1. The zero-order chi connectivity index (χ0) is 16.1. The SMILES string of the molecule is O=C(O)c1c[nH]c2nc(N3CC4CCC3CN4)c(F)cc2c1=O. The van der Waals surface area contributed by atoms with E-state index in [2.05, 4.69) is 15.3 Å². The predicted octanol–water partition coefficient (Wildman–Crippen LogP) is 0.701. The number of aromatic amines is 1. The third kappa shape index (κ3) is 2.17. The molecule has 2 aromatic heterocycles. The molecule has 3 aliphatic rings. The number of carboxylic acid groups (broad SMARTS) is 1. The first-order chi connectivity index (χ1) is 11.0. The van der Waals surface area contributed by atoms with E-state index in [-0.39, 0.29) is 22.9 Å². The fourth-order valence-electron chi connectivity index (χ4n) is 3.44. The topological polar surface area (TPSA) is 98.3 Å². The van der Waals surface area contributed by atoms with E-state index in [4.69, 9.17) is 5.11 Å². The molecule has 0 spiro atoms. The molecule has 3 saturated heterocycles. The monoisotopic (exact) mass is 318 g/mol. The van der Waals surface area contributed by atoms with Crippen LogP contribution >= 0.6 is 0 Å². The molecular formula is C15H15FN4O3. The first-order valence-electron chi connectivity index (χ1n) is 7.50. The van der Waals surface area contributed by atoms with Gasteiger partial charge in [-0.2, -0.15) is 0 Å². The highest BCUT2D eigenvalue weighted by molar-refractivity contribution is 5.91. The van der Waals surface area contributed by atoms with E-state index in [9.17, 15) is 14.0 Å². The molecule has 8 heteroatoms. The smallest absolute Gasteiger partial charge is 0.341 e. The van der Waals surface area contributed by atoms with Crippen LogP contribution in [0, 0.1) is 5.82 Å². The Hall–Kier alpha value is -2.48. The van der Waals surface area contributed by atoms with Gasteiger partial charge in [0.25, 0.3) is 0 Å². The van der Waals surface area contributed by atoms with E-state index >= 15 is 0 Å². The van der Waals surface area contributed by atoms with Crippen LogP contribution in [0.2, 0.25) is 0 Å². The Kier molecular flexibility index (Phi) is 3.08. The Morgan fingerprint density at radius 1 is 1.43 bits per heavy atom. The van der Waals surface area contributed by atoms with Crippen molar-refractivity contribution >= 4 is 22.8 Å². The summed E-state index contributed by atoms with van der Waals surface area (Å²) in [6, 6.07) is 1.59. The molecule has 2 aromatic rings. The van der Waals surface area contributed by atoms with Crippen LogP contribution in [-0.2, 0) is 0 Å². The van der Waals surface area contributed by atoms with Crippen molar-refractivity contribution in [2.75, 3.05) is 18.0 Å². The lowest BCUT2D eigenvalue weighted by Gasteiger charge is -2.46. The largest absolute Gasteiger partial charge is 0.477 e. The Morgan fingerprint density at radius 3 is 2.87 bits per heavy atom. The van der Waals surface area contributed by atoms with Gasteiger partial charge in [-0.05, 0) is 18.9 Å². The van der Waals surface area contributed by atoms with E-state index in [0.29, 0.717) is 12.6 Å². The number of hydrogen-bond donors (Lipinski definition) is 3. The minimum atomic E-state index is -1.35. The lowest BCUT2D eigenvalue weighted by atomic mass is 9.93. The molecule has 3 fully saturated rings. The van der Waals surface area contributed by atoms with Crippen LogP contribution in [0.25, 0.3) is 11.0 Å². The van der Waals surface area contributed by atoms with Crippen LogP contribution in [0.5, 0.6) is 0 Å². The molecule has 2 atom stereocenters. The van der Waals surface area contributed by atoms with Crippen LogP contribution in [-0.4, -0.2) is 46.2 Å². The number of carboxylic acids is 1. The summed E-state index contributed by atoms with van der Waals surface area (Å²) in [4.78, 5) is 32.0. The first-order valence-corrected chi connectivity index (χ1v) is 7.50. The summed E-state index contributed by atoms with van der Waals surface area (Å²) in [5, 5.41) is 12.3. The summed E-state index contributed by atoms with van der Waals surface area (Å²) in [6.45, 7) is 1.47. The third-order valence-corrected chi connectivity index (χ3v) is 4.65. The zero-order valence-corrected chi connectivity index (χ0v) is 12.2. The molecule has 3 N–H and O–H groups in total. The fraction of sp³-hybridized carbons (Fsp3) is 0.400. The predicted molar refractivity (Wildman–Crippen MR) is 81.4 cm³/mol. The number of piperazine rings is 1. The molecule has 0 saturated carbocycles. The molecule has 5 rings (SSSR count). The number of hydrogen-bond acceptors (Lipinski definition) is 5. The van der Waals surface area contributed by atoms with E-state index in [0.717, 1.165) is 31.6 Å². The van der Waals surface area contributed by atoms with Crippen molar-refractivity contribution in [2.24, 2.45) is 0 Å². The summed E-state index contributed by atoms with van der Waals surface area (Å²) in [6.07, 6.45) is 3.14. The summed E-state index contributed by atoms with van der Waals surface area (Å²) < 4.78 is 14.5. The molecule has 0 radical (unpaired) electrons. The number of aromatic carboxylic acids is 1. The number of nitrogens with zero attached hydrogens (tertiary/aromatic N) is 2. The van der Waals surface area contributed by atoms with Crippen LogP contribution in [0.3, 0.4) is 0 Å². The second-order valence-corrected chi connectivity index (χ2v) is 6.02. The van der Waals surface area contributed by atoms with Gasteiger partial charge in [-0.3, -0.25) is 4.79 Å². The Labute approximate surface area is 130 Å².